The highest BCUT2D eigenvalue weighted by atomic mass is 16.5. The fraction of sp³-hybridized carbons (Fsp3) is 0.423. The minimum Gasteiger partial charge on any atom is -0.492 e. The van der Waals surface area contributed by atoms with Gasteiger partial charge in [0, 0.05) is 51.3 Å². The van der Waals surface area contributed by atoms with Crippen LogP contribution in [0.3, 0.4) is 0 Å². The van der Waals surface area contributed by atoms with Crippen LogP contribution in [0.1, 0.15) is 35.4 Å². The number of fused-ring (bicyclic) bond motifs is 2. The molecule has 3 heterocycles. The van der Waals surface area contributed by atoms with E-state index in [9.17, 15) is 9.59 Å². The van der Waals surface area contributed by atoms with Crippen molar-refractivity contribution in [3.8, 4) is 5.75 Å². The van der Waals surface area contributed by atoms with Gasteiger partial charge in [-0.2, -0.15) is 0 Å². The summed E-state index contributed by atoms with van der Waals surface area (Å²) in [5.41, 5.74) is 1.26. The van der Waals surface area contributed by atoms with Gasteiger partial charge in [-0.3, -0.25) is 19.1 Å². The maximum atomic E-state index is 13.1. The van der Waals surface area contributed by atoms with Crippen LogP contribution in [0.5, 0.6) is 5.75 Å². The molecule has 2 aromatic carbocycles. The summed E-state index contributed by atoms with van der Waals surface area (Å²) in [5, 5.41) is 0.598. The summed E-state index contributed by atoms with van der Waals surface area (Å²) in [7, 11) is 0. The van der Waals surface area contributed by atoms with Gasteiger partial charge in [-0.15, -0.1) is 0 Å². The monoisotopic (exact) mass is 446 g/mol. The molecule has 5 rings (SSSR count). The Morgan fingerprint density at radius 3 is 2.58 bits per heavy atom. The van der Waals surface area contributed by atoms with Crippen molar-refractivity contribution in [2.24, 2.45) is 0 Å². The van der Waals surface area contributed by atoms with Crippen LogP contribution in [0.4, 0.5) is 0 Å². The average molecular weight is 447 g/mol. The van der Waals surface area contributed by atoms with E-state index in [0.717, 1.165) is 63.4 Å². The Hall–Kier alpha value is -3.19. The number of hydrogen-bond donors (Lipinski definition) is 0. The van der Waals surface area contributed by atoms with Gasteiger partial charge in [0.15, 0.2) is 0 Å². The highest BCUT2D eigenvalue weighted by molar-refractivity contribution is 5.97. The van der Waals surface area contributed by atoms with E-state index in [4.69, 9.17) is 9.72 Å². The molecule has 0 radical (unpaired) electrons. The second kappa shape index (κ2) is 9.75. The molecule has 0 saturated carbocycles. The third-order valence-electron chi connectivity index (χ3n) is 6.64. The number of rotatable bonds is 5. The van der Waals surface area contributed by atoms with E-state index < -0.39 is 0 Å². The first-order valence-corrected chi connectivity index (χ1v) is 11.9. The molecule has 172 valence electrons. The highest BCUT2D eigenvalue weighted by Crippen LogP contribution is 2.18. The number of carbonyl (C=O) groups is 1. The second-order valence-corrected chi connectivity index (χ2v) is 8.82. The molecule has 1 saturated heterocycles. The number of amides is 1. The number of nitrogens with zero attached hydrogens (tertiary/aromatic N) is 4. The number of piperazine rings is 1. The fourth-order valence-electron chi connectivity index (χ4n) is 4.72. The van der Waals surface area contributed by atoms with Crippen molar-refractivity contribution < 1.29 is 9.53 Å². The minimum atomic E-state index is 0.00827. The van der Waals surface area contributed by atoms with Crippen molar-refractivity contribution in [1.29, 1.82) is 0 Å². The van der Waals surface area contributed by atoms with Gasteiger partial charge in [-0.25, -0.2) is 4.98 Å². The molecule has 0 bridgehead atoms. The molecule has 7 nitrogen and oxygen atoms in total. The van der Waals surface area contributed by atoms with Crippen LogP contribution in [0.25, 0.3) is 10.9 Å². The number of carbonyl (C=O) groups excluding carboxylic acids is 1. The van der Waals surface area contributed by atoms with Crippen molar-refractivity contribution in [3.63, 3.8) is 0 Å². The predicted octanol–water partition coefficient (Wildman–Crippen LogP) is 2.96. The molecule has 2 aliphatic heterocycles. The van der Waals surface area contributed by atoms with E-state index in [-0.39, 0.29) is 11.5 Å². The average Bonchev–Trinajstić information content (AvgIpc) is 3.10. The number of hydrogen-bond acceptors (Lipinski definition) is 5. The van der Waals surface area contributed by atoms with E-state index in [1.807, 2.05) is 39.8 Å². The minimum absolute atomic E-state index is 0.00827. The third-order valence-corrected chi connectivity index (χ3v) is 6.64. The molecule has 7 heteroatoms. The normalized spacial score (nSPS) is 16.9. The summed E-state index contributed by atoms with van der Waals surface area (Å²) >= 11 is 0. The second-order valence-electron chi connectivity index (χ2n) is 8.82. The summed E-state index contributed by atoms with van der Waals surface area (Å²) in [6.07, 6.45) is 4.00. The van der Waals surface area contributed by atoms with Crippen molar-refractivity contribution in [2.75, 3.05) is 39.3 Å². The maximum Gasteiger partial charge on any atom is 0.261 e. The Bertz CT molecular complexity index is 1180. The van der Waals surface area contributed by atoms with E-state index in [0.29, 0.717) is 36.2 Å². The van der Waals surface area contributed by atoms with Crippen LogP contribution < -0.4 is 10.3 Å². The Labute approximate surface area is 193 Å². The Morgan fingerprint density at radius 1 is 0.939 bits per heavy atom. The lowest BCUT2D eigenvalue weighted by atomic mass is 10.1. The van der Waals surface area contributed by atoms with Crippen LogP contribution in [0.15, 0.2) is 53.3 Å². The maximum absolute atomic E-state index is 13.1. The van der Waals surface area contributed by atoms with Crippen molar-refractivity contribution in [2.45, 2.75) is 32.2 Å². The zero-order chi connectivity index (χ0) is 22.6. The number of para-hydroxylation sites is 1. The largest absolute Gasteiger partial charge is 0.492 e. The lowest BCUT2D eigenvalue weighted by Crippen LogP contribution is -2.49. The summed E-state index contributed by atoms with van der Waals surface area (Å²) < 4.78 is 7.61. The van der Waals surface area contributed by atoms with Gasteiger partial charge in [0.2, 0.25) is 0 Å². The topological polar surface area (TPSA) is 67.7 Å². The lowest BCUT2D eigenvalue weighted by Gasteiger charge is -2.34. The molecule has 0 atom stereocenters. The zero-order valence-corrected chi connectivity index (χ0v) is 18.9. The first-order chi connectivity index (χ1) is 16.2. The number of benzene rings is 2. The standard InChI is InChI=1S/C26H30N4O3/c31-25(29-15-13-28(14-16-29)17-18-33-21-7-3-1-4-8-21)20-10-11-22-23(19-20)27-24-9-5-2-6-12-30(24)26(22)32/h1,3-4,7-8,10-11,19H,2,5-6,9,12-18H2. The van der Waals surface area contributed by atoms with Crippen molar-refractivity contribution in [1.82, 2.24) is 19.4 Å². The van der Waals surface area contributed by atoms with Crippen LogP contribution in [-0.2, 0) is 13.0 Å². The number of aryl methyl sites for hydroxylation is 1. The number of ether oxygens (including phenoxy) is 1. The molecule has 0 spiro atoms. The molecule has 33 heavy (non-hydrogen) atoms. The number of aromatic nitrogens is 2. The molecule has 1 fully saturated rings. The van der Waals surface area contributed by atoms with Crippen molar-refractivity contribution in [3.05, 3.63) is 70.3 Å². The lowest BCUT2D eigenvalue weighted by molar-refractivity contribution is 0.0620. The molecule has 1 amide bonds. The molecule has 2 aliphatic rings. The summed E-state index contributed by atoms with van der Waals surface area (Å²) in [5.74, 6) is 1.74. The van der Waals surface area contributed by atoms with E-state index in [2.05, 4.69) is 4.90 Å². The first kappa shape index (κ1) is 21.6. The van der Waals surface area contributed by atoms with E-state index in [1.54, 1.807) is 18.2 Å². The molecular formula is C26H30N4O3. The van der Waals surface area contributed by atoms with Gasteiger partial charge in [0.25, 0.3) is 11.5 Å². The van der Waals surface area contributed by atoms with Crippen LogP contribution in [-0.4, -0.2) is 64.6 Å². The molecule has 0 unspecified atom stereocenters. The SMILES string of the molecule is O=C(c1ccc2c(=O)n3c(nc2c1)CCCCC3)N1CCN(CCOc2ccccc2)CC1. The first-order valence-electron chi connectivity index (χ1n) is 11.9. The predicted molar refractivity (Wildman–Crippen MR) is 128 cm³/mol. The fourth-order valence-corrected chi connectivity index (χ4v) is 4.72. The molecule has 0 N–H and O–H groups in total. The van der Waals surface area contributed by atoms with Gasteiger partial charge in [0.05, 0.1) is 10.9 Å². The van der Waals surface area contributed by atoms with Gasteiger partial charge in [0.1, 0.15) is 18.2 Å². The Morgan fingerprint density at radius 2 is 1.76 bits per heavy atom. The highest BCUT2D eigenvalue weighted by Gasteiger charge is 2.23. The Balaban J connectivity index is 1.22. The van der Waals surface area contributed by atoms with Gasteiger partial charge >= 0.3 is 0 Å². The summed E-state index contributed by atoms with van der Waals surface area (Å²) in [6.45, 7) is 5.22. The third kappa shape index (κ3) is 4.78. The summed E-state index contributed by atoms with van der Waals surface area (Å²) in [4.78, 5) is 35.1. The molecule has 0 aliphatic carbocycles. The Kier molecular flexibility index (Phi) is 6.39. The van der Waals surface area contributed by atoms with E-state index in [1.165, 1.54) is 0 Å². The molecule has 1 aromatic heterocycles. The van der Waals surface area contributed by atoms with Crippen LogP contribution in [0, 0.1) is 0 Å². The van der Waals surface area contributed by atoms with Gasteiger partial charge in [-0.1, -0.05) is 24.6 Å². The molecular weight excluding hydrogens is 416 g/mol. The zero-order valence-electron chi connectivity index (χ0n) is 18.9. The van der Waals surface area contributed by atoms with Crippen molar-refractivity contribution >= 4 is 16.8 Å². The van der Waals surface area contributed by atoms with Crippen LogP contribution >= 0.6 is 0 Å². The van der Waals surface area contributed by atoms with Gasteiger partial charge in [-0.05, 0) is 43.2 Å². The summed E-state index contributed by atoms with van der Waals surface area (Å²) in [6, 6.07) is 15.2. The quantitative estimate of drug-likeness (QED) is 0.603. The van der Waals surface area contributed by atoms with Crippen LogP contribution in [0.2, 0.25) is 0 Å². The van der Waals surface area contributed by atoms with E-state index >= 15 is 0 Å². The van der Waals surface area contributed by atoms with Gasteiger partial charge < -0.3 is 9.64 Å². The smallest absolute Gasteiger partial charge is 0.261 e. The molecule has 3 aromatic rings.